The molecule has 0 aromatic heterocycles. The van der Waals surface area contributed by atoms with Gasteiger partial charge in [0, 0.05) is 11.6 Å². The van der Waals surface area contributed by atoms with Crippen LogP contribution in [0.4, 0.5) is 15.8 Å². The number of carbonyl (C=O) groups is 1. The van der Waals surface area contributed by atoms with E-state index in [-0.39, 0.29) is 23.8 Å². The Balaban J connectivity index is 2.64. The second kappa shape index (κ2) is 5.73. The molecule has 6 heteroatoms. The minimum absolute atomic E-state index is 0.0570. The monoisotopic (exact) mass is 365 g/mol. The van der Waals surface area contributed by atoms with Crippen LogP contribution in [-0.2, 0) is 4.79 Å². The SMILES string of the molecule is CC(C)(C)NC(=O)CNc1cc(F)c(I)cc1N. The van der Waals surface area contributed by atoms with Crippen molar-refractivity contribution in [2.45, 2.75) is 26.3 Å². The van der Waals surface area contributed by atoms with Crippen LogP contribution in [0.3, 0.4) is 0 Å². The molecular formula is C12H17FIN3O. The molecule has 0 atom stereocenters. The molecule has 0 spiro atoms. The van der Waals surface area contributed by atoms with Crippen molar-refractivity contribution in [3.63, 3.8) is 0 Å². The van der Waals surface area contributed by atoms with E-state index in [9.17, 15) is 9.18 Å². The first-order valence-electron chi connectivity index (χ1n) is 5.48. The first-order valence-corrected chi connectivity index (χ1v) is 6.56. The number of carbonyl (C=O) groups excluding carboxylic acids is 1. The molecule has 0 aliphatic rings. The quantitative estimate of drug-likeness (QED) is 0.569. The molecule has 0 fully saturated rings. The van der Waals surface area contributed by atoms with Gasteiger partial charge in [-0.1, -0.05) is 0 Å². The number of hydrogen-bond acceptors (Lipinski definition) is 3. The molecule has 1 aromatic rings. The summed E-state index contributed by atoms with van der Waals surface area (Å²) < 4.78 is 13.8. The van der Waals surface area contributed by atoms with Gasteiger partial charge in [-0.05, 0) is 49.4 Å². The summed E-state index contributed by atoms with van der Waals surface area (Å²) in [6, 6.07) is 2.82. The summed E-state index contributed by atoms with van der Waals surface area (Å²) in [6.45, 7) is 5.74. The Morgan fingerprint density at radius 3 is 2.61 bits per heavy atom. The number of rotatable bonds is 3. The van der Waals surface area contributed by atoms with Crippen LogP contribution < -0.4 is 16.4 Å². The highest BCUT2D eigenvalue weighted by Gasteiger charge is 2.14. The fourth-order valence-electron chi connectivity index (χ4n) is 1.35. The van der Waals surface area contributed by atoms with E-state index in [1.165, 1.54) is 12.1 Å². The van der Waals surface area contributed by atoms with Crippen LogP contribution >= 0.6 is 22.6 Å². The van der Waals surface area contributed by atoms with E-state index in [1.807, 2.05) is 43.4 Å². The number of halogens is 2. The van der Waals surface area contributed by atoms with E-state index < -0.39 is 0 Å². The Morgan fingerprint density at radius 1 is 1.44 bits per heavy atom. The van der Waals surface area contributed by atoms with Crippen molar-refractivity contribution >= 4 is 39.9 Å². The number of anilines is 2. The van der Waals surface area contributed by atoms with Crippen LogP contribution in [-0.4, -0.2) is 18.0 Å². The van der Waals surface area contributed by atoms with Gasteiger partial charge >= 0.3 is 0 Å². The zero-order valence-electron chi connectivity index (χ0n) is 10.6. The lowest BCUT2D eigenvalue weighted by Gasteiger charge is -2.21. The number of nitrogen functional groups attached to an aromatic ring is 1. The first kappa shape index (κ1) is 15.0. The van der Waals surface area contributed by atoms with Gasteiger partial charge in [-0.25, -0.2) is 4.39 Å². The van der Waals surface area contributed by atoms with Crippen LogP contribution in [0.2, 0.25) is 0 Å². The van der Waals surface area contributed by atoms with Crippen molar-refractivity contribution in [3.8, 4) is 0 Å². The fourth-order valence-corrected chi connectivity index (χ4v) is 1.84. The summed E-state index contributed by atoms with van der Waals surface area (Å²) >= 11 is 1.86. The normalized spacial score (nSPS) is 11.2. The Morgan fingerprint density at radius 2 is 2.06 bits per heavy atom. The highest BCUT2D eigenvalue weighted by atomic mass is 127. The predicted molar refractivity (Wildman–Crippen MR) is 79.9 cm³/mol. The van der Waals surface area contributed by atoms with Crippen LogP contribution in [0.5, 0.6) is 0 Å². The summed E-state index contributed by atoms with van der Waals surface area (Å²) in [4.78, 5) is 11.6. The molecule has 4 nitrogen and oxygen atoms in total. The average Bonchev–Trinajstić information content (AvgIpc) is 2.19. The standard InChI is InChI=1S/C12H17FIN3O/c1-12(2,3)17-11(18)6-16-10-4-7(13)8(14)5-9(10)15/h4-5,16H,6,15H2,1-3H3,(H,17,18). The van der Waals surface area contributed by atoms with Gasteiger partial charge in [-0.15, -0.1) is 0 Å². The van der Waals surface area contributed by atoms with E-state index in [2.05, 4.69) is 10.6 Å². The number of nitrogens with one attached hydrogen (secondary N) is 2. The third-order valence-electron chi connectivity index (χ3n) is 2.05. The van der Waals surface area contributed by atoms with Gasteiger partial charge < -0.3 is 16.4 Å². The van der Waals surface area contributed by atoms with Crippen LogP contribution in [0.15, 0.2) is 12.1 Å². The van der Waals surface area contributed by atoms with Gasteiger partial charge in [-0.3, -0.25) is 4.79 Å². The van der Waals surface area contributed by atoms with Crippen molar-refractivity contribution in [1.82, 2.24) is 5.32 Å². The third-order valence-corrected chi connectivity index (χ3v) is 2.87. The second-order valence-corrected chi connectivity index (χ2v) is 6.17. The van der Waals surface area contributed by atoms with Gasteiger partial charge in [0.05, 0.1) is 21.5 Å². The zero-order chi connectivity index (χ0) is 13.9. The molecule has 18 heavy (non-hydrogen) atoms. The molecule has 4 N–H and O–H groups in total. The van der Waals surface area contributed by atoms with Crippen molar-refractivity contribution in [3.05, 3.63) is 21.5 Å². The lowest BCUT2D eigenvalue weighted by Crippen LogP contribution is -2.43. The predicted octanol–water partition coefficient (Wildman–Crippen LogP) is 2.34. The molecule has 0 saturated heterocycles. The molecule has 0 aliphatic carbocycles. The van der Waals surface area contributed by atoms with Crippen molar-refractivity contribution in [2.24, 2.45) is 0 Å². The molecular weight excluding hydrogens is 348 g/mol. The Kier molecular flexibility index (Phi) is 4.78. The molecule has 0 aliphatic heterocycles. The molecule has 100 valence electrons. The van der Waals surface area contributed by atoms with E-state index in [0.717, 1.165) is 0 Å². The largest absolute Gasteiger partial charge is 0.397 e. The van der Waals surface area contributed by atoms with Crippen molar-refractivity contribution < 1.29 is 9.18 Å². The molecule has 0 radical (unpaired) electrons. The summed E-state index contributed by atoms with van der Waals surface area (Å²) in [7, 11) is 0. The Bertz CT molecular complexity index is 457. The maximum atomic E-state index is 13.4. The molecule has 0 saturated carbocycles. The minimum Gasteiger partial charge on any atom is -0.397 e. The summed E-state index contributed by atoms with van der Waals surface area (Å²) in [5.74, 6) is -0.524. The molecule has 0 heterocycles. The summed E-state index contributed by atoms with van der Waals surface area (Å²) in [5.41, 5.74) is 6.30. The number of hydrogen-bond donors (Lipinski definition) is 3. The Hall–Kier alpha value is -1.05. The average molecular weight is 365 g/mol. The van der Waals surface area contributed by atoms with E-state index in [0.29, 0.717) is 14.9 Å². The molecule has 0 bridgehead atoms. The van der Waals surface area contributed by atoms with E-state index >= 15 is 0 Å². The summed E-state index contributed by atoms with van der Waals surface area (Å²) in [6.07, 6.45) is 0. The molecule has 1 amide bonds. The van der Waals surface area contributed by atoms with Crippen molar-refractivity contribution in [1.29, 1.82) is 0 Å². The molecule has 1 rings (SSSR count). The fraction of sp³-hybridized carbons (Fsp3) is 0.417. The van der Waals surface area contributed by atoms with Gasteiger partial charge in [-0.2, -0.15) is 0 Å². The van der Waals surface area contributed by atoms with E-state index in [4.69, 9.17) is 5.73 Å². The van der Waals surface area contributed by atoms with Gasteiger partial charge in [0.2, 0.25) is 5.91 Å². The number of nitrogens with two attached hydrogens (primary N) is 1. The van der Waals surface area contributed by atoms with Gasteiger partial charge in [0.25, 0.3) is 0 Å². The number of benzene rings is 1. The highest BCUT2D eigenvalue weighted by molar-refractivity contribution is 14.1. The minimum atomic E-state index is -0.358. The van der Waals surface area contributed by atoms with Gasteiger partial charge in [0.15, 0.2) is 0 Å². The lowest BCUT2D eigenvalue weighted by atomic mass is 10.1. The van der Waals surface area contributed by atoms with Gasteiger partial charge in [0.1, 0.15) is 5.82 Å². The maximum absolute atomic E-state index is 13.4. The third kappa shape index (κ3) is 4.67. The van der Waals surface area contributed by atoms with Crippen LogP contribution in [0.1, 0.15) is 20.8 Å². The van der Waals surface area contributed by atoms with Crippen LogP contribution in [0.25, 0.3) is 0 Å². The van der Waals surface area contributed by atoms with Crippen LogP contribution in [0, 0.1) is 9.39 Å². The maximum Gasteiger partial charge on any atom is 0.239 e. The number of amides is 1. The highest BCUT2D eigenvalue weighted by Crippen LogP contribution is 2.23. The zero-order valence-corrected chi connectivity index (χ0v) is 12.8. The topological polar surface area (TPSA) is 67.2 Å². The lowest BCUT2D eigenvalue weighted by molar-refractivity contribution is -0.120. The Labute approximate surface area is 120 Å². The summed E-state index contributed by atoms with van der Waals surface area (Å²) in [5, 5.41) is 5.62. The second-order valence-electron chi connectivity index (χ2n) is 5.01. The molecule has 0 unspecified atom stereocenters. The van der Waals surface area contributed by atoms with E-state index in [1.54, 1.807) is 0 Å². The smallest absolute Gasteiger partial charge is 0.239 e. The van der Waals surface area contributed by atoms with Crippen molar-refractivity contribution in [2.75, 3.05) is 17.6 Å². The first-order chi connectivity index (χ1) is 8.19. The molecule has 1 aromatic carbocycles.